The van der Waals surface area contributed by atoms with Crippen molar-refractivity contribution >= 4 is 21.2 Å². The molecule has 2 rings (SSSR count). The van der Waals surface area contributed by atoms with Crippen molar-refractivity contribution in [3.8, 4) is 5.69 Å². The fraction of sp³-hybridized carbons (Fsp3) is 0. The Hall–Kier alpha value is -1.34. The second-order valence-corrected chi connectivity index (χ2v) is 4.42. The molecule has 1 atom stereocenters. The molecular weight excluding hydrogens is 256 g/mol. The first-order valence-corrected chi connectivity index (χ1v) is 5.63. The standard InChI is InChI=1S/C11H9AsFNO/c12-10-2-1-7-14(11(10)15)9-5-3-8(13)4-6-9/h1-7H,12H2. The molecule has 0 saturated heterocycles. The number of halogens is 1. The van der Waals surface area contributed by atoms with Crippen molar-refractivity contribution in [1.82, 2.24) is 4.57 Å². The van der Waals surface area contributed by atoms with Crippen molar-refractivity contribution in [3.05, 3.63) is 58.8 Å². The van der Waals surface area contributed by atoms with Crippen LogP contribution in [0.15, 0.2) is 47.4 Å². The summed E-state index contributed by atoms with van der Waals surface area (Å²) in [4.78, 5) is 11.7. The summed E-state index contributed by atoms with van der Waals surface area (Å²) in [6.45, 7) is 0. The van der Waals surface area contributed by atoms with Gasteiger partial charge in [-0.15, -0.1) is 0 Å². The zero-order valence-electron chi connectivity index (χ0n) is 7.85. The van der Waals surface area contributed by atoms with E-state index >= 15 is 0 Å². The molecule has 2 aromatic rings. The molecule has 1 unspecified atom stereocenters. The van der Waals surface area contributed by atoms with Gasteiger partial charge >= 0.3 is 94.6 Å². The van der Waals surface area contributed by atoms with Crippen molar-refractivity contribution in [1.29, 1.82) is 0 Å². The van der Waals surface area contributed by atoms with Crippen LogP contribution in [-0.4, -0.2) is 21.4 Å². The maximum absolute atomic E-state index is 12.7. The van der Waals surface area contributed by atoms with Gasteiger partial charge in [-0.25, -0.2) is 0 Å². The first-order valence-electron chi connectivity index (χ1n) is 4.41. The molecule has 0 aliphatic rings. The van der Waals surface area contributed by atoms with E-state index in [1.54, 1.807) is 24.4 Å². The van der Waals surface area contributed by atoms with E-state index < -0.39 is 0 Å². The summed E-state index contributed by atoms with van der Waals surface area (Å²) in [6, 6.07) is 9.45. The molecule has 4 heteroatoms. The molecule has 0 amide bonds. The van der Waals surface area contributed by atoms with E-state index in [0.717, 1.165) is 4.35 Å². The molecule has 2 nitrogen and oxygen atoms in total. The average molecular weight is 265 g/mol. The molecule has 0 aliphatic heterocycles. The van der Waals surface area contributed by atoms with Gasteiger partial charge in [-0.1, -0.05) is 0 Å². The van der Waals surface area contributed by atoms with Crippen LogP contribution in [0.4, 0.5) is 4.39 Å². The van der Waals surface area contributed by atoms with Crippen LogP contribution in [0.2, 0.25) is 0 Å². The maximum atomic E-state index is 12.7. The van der Waals surface area contributed by atoms with E-state index in [1.165, 1.54) is 33.6 Å². The van der Waals surface area contributed by atoms with Gasteiger partial charge in [0.25, 0.3) is 0 Å². The van der Waals surface area contributed by atoms with Crippen molar-refractivity contribution < 1.29 is 4.39 Å². The van der Waals surface area contributed by atoms with Crippen LogP contribution in [-0.2, 0) is 0 Å². The minimum absolute atomic E-state index is 0.0518. The zero-order chi connectivity index (χ0) is 10.8. The number of pyridine rings is 1. The second kappa shape index (κ2) is 4.03. The third-order valence-electron chi connectivity index (χ3n) is 2.08. The summed E-state index contributed by atoms with van der Waals surface area (Å²) < 4.78 is 14.9. The molecule has 0 N–H and O–H groups in total. The van der Waals surface area contributed by atoms with Crippen LogP contribution >= 0.6 is 0 Å². The molecule has 1 aromatic carbocycles. The molecule has 76 valence electrons. The molecule has 0 radical (unpaired) electrons. The van der Waals surface area contributed by atoms with Gasteiger partial charge in [0.15, 0.2) is 0 Å². The topological polar surface area (TPSA) is 22.0 Å². The SMILES string of the molecule is O=c1c([AsH2])cccn1-c1ccc(F)cc1. The quantitative estimate of drug-likeness (QED) is 0.677. The number of rotatable bonds is 1. The van der Waals surface area contributed by atoms with Gasteiger partial charge in [-0.3, -0.25) is 0 Å². The van der Waals surface area contributed by atoms with Crippen molar-refractivity contribution in [3.63, 3.8) is 0 Å². The molecule has 0 saturated carbocycles. The average Bonchev–Trinajstić information content (AvgIpc) is 2.24. The van der Waals surface area contributed by atoms with Crippen molar-refractivity contribution in [2.24, 2.45) is 0 Å². The van der Waals surface area contributed by atoms with Crippen LogP contribution < -0.4 is 9.91 Å². The first kappa shape index (κ1) is 10.2. The van der Waals surface area contributed by atoms with Crippen molar-refractivity contribution in [2.45, 2.75) is 0 Å². The Morgan fingerprint density at radius 3 is 2.47 bits per heavy atom. The second-order valence-electron chi connectivity index (χ2n) is 3.12. The van der Waals surface area contributed by atoms with E-state index in [9.17, 15) is 9.18 Å². The zero-order valence-corrected chi connectivity index (χ0v) is 10.3. The summed E-state index contributed by atoms with van der Waals surface area (Å²) in [5.74, 6) is -0.302. The summed E-state index contributed by atoms with van der Waals surface area (Å²) in [6.07, 6.45) is 1.68. The molecular formula is C11H9AsFNO. The molecule has 0 bridgehead atoms. The van der Waals surface area contributed by atoms with E-state index in [0.29, 0.717) is 5.69 Å². The van der Waals surface area contributed by atoms with Crippen LogP contribution in [0.5, 0.6) is 0 Å². The predicted octanol–water partition coefficient (Wildman–Crippen LogP) is 0.235. The molecule has 15 heavy (non-hydrogen) atoms. The molecule has 0 fully saturated rings. The first-order chi connectivity index (χ1) is 7.18. The van der Waals surface area contributed by atoms with Gasteiger partial charge in [-0.05, 0) is 0 Å². The number of hydrogen-bond acceptors (Lipinski definition) is 1. The van der Waals surface area contributed by atoms with Gasteiger partial charge in [0, 0.05) is 0 Å². The number of nitrogens with zero attached hydrogens (tertiary/aromatic N) is 1. The third-order valence-corrected chi connectivity index (χ3v) is 3.00. The Bertz CT molecular complexity index is 533. The number of benzene rings is 1. The third kappa shape index (κ3) is 2.02. The van der Waals surface area contributed by atoms with E-state index in [4.69, 9.17) is 0 Å². The number of hydrogen-bond donors (Lipinski definition) is 0. The summed E-state index contributed by atoms with van der Waals surface area (Å²) >= 11 is 1.29. The van der Waals surface area contributed by atoms with E-state index in [1.807, 2.05) is 6.07 Å². The molecule has 1 aromatic heterocycles. The molecule has 0 spiro atoms. The Morgan fingerprint density at radius 2 is 1.80 bits per heavy atom. The predicted molar refractivity (Wildman–Crippen MR) is 60.2 cm³/mol. The fourth-order valence-corrected chi connectivity index (χ4v) is 1.84. The fourth-order valence-electron chi connectivity index (χ4n) is 1.32. The van der Waals surface area contributed by atoms with Crippen molar-refractivity contribution in [2.75, 3.05) is 0 Å². The van der Waals surface area contributed by atoms with Crippen LogP contribution in [0.25, 0.3) is 5.69 Å². The Morgan fingerprint density at radius 1 is 1.13 bits per heavy atom. The van der Waals surface area contributed by atoms with Gasteiger partial charge in [0.1, 0.15) is 0 Å². The summed E-state index contributed by atoms with van der Waals surface area (Å²) in [5, 5.41) is 0. The normalized spacial score (nSPS) is 10.3. The Kier molecular flexibility index (Phi) is 2.74. The van der Waals surface area contributed by atoms with E-state index in [-0.39, 0.29) is 11.4 Å². The Labute approximate surface area is 94.9 Å². The number of aromatic nitrogens is 1. The van der Waals surface area contributed by atoms with Gasteiger partial charge in [0.05, 0.1) is 0 Å². The van der Waals surface area contributed by atoms with Gasteiger partial charge in [-0.2, -0.15) is 0 Å². The molecule has 0 aliphatic carbocycles. The van der Waals surface area contributed by atoms with Crippen LogP contribution in [0, 0.1) is 5.82 Å². The summed E-state index contributed by atoms with van der Waals surface area (Å²) in [5.41, 5.74) is 0.630. The van der Waals surface area contributed by atoms with E-state index in [2.05, 4.69) is 0 Å². The summed E-state index contributed by atoms with van der Waals surface area (Å²) in [7, 11) is 0. The van der Waals surface area contributed by atoms with Crippen LogP contribution in [0.3, 0.4) is 0 Å². The Balaban J connectivity index is 2.59. The minimum atomic E-state index is -0.302. The van der Waals surface area contributed by atoms with Gasteiger partial charge < -0.3 is 0 Å². The monoisotopic (exact) mass is 265 g/mol. The van der Waals surface area contributed by atoms with Gasteiger partial charge in [0.2, 0.25) is 0 Å². The molecule has 1 heterocycles. The van der Waals surface area contributed by atoms with Crippen LogP contribution in [0.1, 0.15) is 0 Å².